The smallest absolute Gasteiger partial charge is 0.341 e. The van der Waals surface area contributed by atoms with Gasteiger partial charge in [0.25, 0.3) is 0 Å². The Bertz CT molecular complexity index is 454. The fourth-order valence-electron chi connectivity index (χ4n) is 2.97. The summed E-state index contributed by atoms with van der Waals surface area (Å²) in [4.78, 5) is 16.2. The van der Waals surface area contributed by atoms with Crippen LogP contribution in [0.2, 0.25) is 0 Å². The standard InChI is InChI=1S/C16H24N2O2/c1-3-16(9-5-6-10-16)12-18-14-13(8-7-11-17-14)15(19)20-4-2/h7-8,11H,3-6,9-10,12H2,1-2H3,(H,17,18). The van der Waals surface area contributed by atoms with Crippen LogP contribution >= 0.6 is 0 Å². The molecule has 110 valence electrons. The number of hydrogen-bond donors (Lipinski definition) is 1. The molecule has 0 radical (unpaired) electrons. The van der Waals surface area contributed by atoms with E-state index >= 15 is 0 Å². The molecule has 1 N–H and O–H groups in total. The van der Waals surface area contributed by atoms with Crippen molar-refractivity contribution in [3.05, 3.63) is 23.9 Å². The van der Waals surface area contributed by atoms with E-state index in [0.29, 0.717) is 23.4 Å². The van der Waals surface area contributed by atoms with Crippen LogP contribution in [0, 0.1) is 5.41 Å². The first-order chi connectivity index (χ1) is 9.71. The molecule has 4 heteroatoms. The van der Waals surface area contributed by atoms with Gasteiger partial charge in [-0.05, 0) is 43.7 Å². The quantitative estimate of drug-likeness (QED) is 0.806. The molecular formula is C16H24N2O2. The van der Waals surface area contributed by atoms with Crippen LogP contribution in [0.1, 0.15) is 56.3 Å². The molecule has 0 bridgehead atoms. The van der Waals surface area contributed by atoms with Crippen LogP contribution in [0.15, 0.2) is 18.3 Å². The predicted octanol–water partition coefficient (Wildman–Crippen LogP) is 3.64. The van der Waals surface area contributed by atoms with Gasteiger partial charge in [-0.1, -0.05) is 19.8 Å². The SMILES string of the molecule is CCOC(=O)c1cccnc1NCC1(CC)CCCC1. The van der Waals surface area contributed by atoms with E-state index < -0.39 is 0 Å². The van der Waals surface area contributed by atoms with E-state index in [-0.39, 0.29) is 5.97 Å². The summed E-state index contributed by atoms with van der Waals surface area (Å²) in [5.74, 6) is 0.339. The summed E-state index contributed by atoms with van der Waals surface area (Å²) in [5, 5.41) is 3.37. The first-order valence-electron chi connectivity index (χ1n) is 7.57. The molecule has 0 unspecified atom stereocenters. The number of carbonyl (C=O) groups excluding carboxylic acids is 1. The summed E-state index contributed by atoms with van der Waals surface area (Å²) in [6, 6.07) is 3.53. The van der Waals surface area contributed by atoms with Gasteiger partial charge in [-0.2, -0.15) is 0 Å². The first kappa shape index (κ1) is 14.8. The highest BCUT2D eigenvalue weighted by Gasteiger charge is 2.32. The maximum atomic E-state index is 11.9. The lowest BCUT2D eigenvalue weighted by Gasteiger charge is -2.28. The van der Waals surface area contributed by atoms with Gasteiger partial charge in [0.1, 0.15) is 11.4 Å². The van der Waals surface area contributed by atoms with Crippen molar-refractivity contribution in [3.8, 4) is 0 Å². The van der Waals surface area contributed by atoms with Crippen LogP contribution in [0.4, 0.5) is 5.82 Å². The molecule has 1 heterocycles. The molecule has 0 saturated heterocycles. The van der Waals surface area contributed by atoms with Crippen molar-refractivity contribution in [2.45, 2.75) is 46.0 Å². The molecule has 0 amide bonds. The van der Waals surface area contributed by atoms with Crippen molar-refractivity contribution < 1.29 is 9.53 Å². The van der Waals surface area contributed by atoms with E-state index in [0.717, 1.165) is 6.54 Å². The minimum atomic E-state index is -0.305. The molecule has 0 spiro atoms. The monoisotopic (exact) mass is 276 g/mol. The van der Waals surface area contributed by atoms with E-state index in [1.54, 1.807) is 18.3 Å². The van der Waals surface area contributed by atoms with Gasteiger partial charge in [-0.3, -0.25) is 0 Å². The van der Waals surface area contributed by atoms with Crippen molar-refractivity contribution in [1.29, 1.82) is 0 Å². The molecule has 1 saturated carbocycles. The van der Waals surface area contributed by atoms with Gasteiger partial charge >= 0.3 is 5.97 Å². The van der Waals surface area contributed by atoms with Crippen LogP contribution in [0.3, 0.4) is 0 Å². The number of esters is 1. The molecule has 0 aliphatic heterocycles. The zero-order valence-electron chi connectivity index (χ0n) is 12.4. The Kier molecular flexibility index (Phi) is 4.99. The maximum absolute atomic E-state index is 11.9. The zero-order valence-corrected chi connectivity index (χ0v) is 12.4. The molecule has 2 rings (SSSR count). The van der Waals surface area contributed by atoms with Crippen LogP contribution in [-0.2, 0) is 4.74 Å². The molecule has 1 fully saturated rings. The zero-order chi connectivity index (χ0) is 14.4. The van der Waals surface area contributed by atoms with E-state index in [9.17, 15) is 4.79 Å². The topological polar surface area (TPSA) is 51.2 Å². The lowest BCUT2D eigenvalue weighted by Crippen LogP contribution is -2.27. The molecule has 1 aliphatic rings. The number of aromatic nitrogens is 1. The number of rotatable bonds is 6. The number of pyridine rings is 1. The third-order valence-corrected chi connectivity index (χ3v) is 4.35. The molecule has 0 atom stereocenters. The summed E-state index contributed by atoms with van der Waals surface area (Å²) < 4.78 is 5.07. The van der Waals surface area contributed by atoms with Crippen molar-refractivity contribution >= 4 is 11.8 Å². The third kappa shape index (κ3) is 3.30. The predicted molar refractivity (Wildman–Crippen MR) is 79.9 cm³/mol. The Morgan fingerprint density at radius 2 is 2.15 bits per heavy atom. The van der Waals surface area contributed by atoms with Crippen molar-refractivity contribution in [3.63, 3.8) is 0 Å². The highest BCUT2D eigenvalue weighted by molar-refractivity contribution is 5.94. The summed E-state index contributed by atoms with van der Waals surface area (Å²) in [7, 11) is 0. The average molecular weight is 276 g/mol. The van der Waals surface area contributed by atoms with E-state index in [2.05, 4.69) is 17.2 Å². The second-order valence-corrected chi connectivity index (χ2v) is 5.53. The van der Waals surface area contributed by atoms with Gasteiger partial charge in [0.2, 0.25) is 0 Å². The second-order valence-electron chi connectivity index (χ2n) is 5.53. The number of ether oxygens (including phenoxy) is 1. The second kappa shape index (κ2) is 6.73. The Labute approximate surface area is 120 Å². The van der Waals surface area contributed by atoms with Gasteiger partial charge in [-0.15, -0.1) is 0 Å². The summed E-state index contributed by atoms with van der Waals surface area (Å²) in [5.41, 5.74) is 0.891. The van der Waals surface area contributed by atoms with Gasteiger partial charge < -0.3 is 10.1 Å². The molecule has 0 aromatic carbocycles. The molecule has 1 aromatic heterocycles. The van der Waals surface area contributed by atoms with Crippen molar-refractivity contribution in [1.82, 2.24) is 4.98 Å². The first-order valence-corrected chi connectivity index (χ1v) is 7.57. The van der Waals surface area contributed by atoms with E-state index in [1.165, 1.54) is 32.1 Å². The number of anilines is 1. The highest BCUT2D eigenvalue weighted by atomic mass is 16.5. The molecule has 1 aromatic rings. The van der Waals surface area contributed by atoms with E-state index in [4.69, 9.17) is 4.74 Å². The fourth-order valence-corrected chi connectivity index (χ4v) is 2.97. The highest BCUT2D eigenvalue weighted by Crippen LogP contribution is 2.40. The molecule has 1 aliphatic carbocycles. The average Bonchev–Trinajstić information content (AvgIpc) is 2.95. The molecule has 20 heavy (non-hydrogen) atoms. The Balaban J connectivity index is 2.07. The van der Waals surface area contributed by atoms with Gasteiger partial charge in [0.15, 0.2) is 0 Å². The molecule has 4 nitrogen and oxygen atoms in total. The van der Waals surface area contributed by atoms with Gasteiger partial charge in [0.05, 0.1) is 6.61 Å². The summed E-state index contributed by atoms with van der Waals surface area (Å²) in [6.07, 6.45) is 8.01. The number of nitrogens with zero attached hydrogens (tertiary/aromatic N) is 1. The molecular weight excluding hydrogens is 252 g/mol. The van der Waals surface area contributed by atoms with Crippen molar-refractivity contribution in [2.75, 3.05) is 18.5 Å². The third-order valence-electron chi connectivity index (χ3n) is 4.35. The minimum absolute atomic E-state index is 0.305. The van der Waals surface area contributed by atoms with Gasteiger partial charge in [-0.25, -0.2) is 9.78 Å². The minimum Gasteiger partial charge on any atom is -0.462 e. The van der Waals surface area contributed by atoms with Crippen LogP contribution in [-0.4, -0.2) is 24.1 Å². The Morgan fingerprint density at radius 3 is 2.80 bits per heavy atom. The Morgan fingerprint density at radius 1 is 1.40 bits per heavy atom. The number of hydrogen-bond acceptors (Lipinski definition) is 4. The number of carbonyl (C=O) groups is 1. The van der Waals surface area contributed by atoms with Crippen LogP contribution < -0.4 is 5.32 Å². The lowest BCUT2D eigenvalue weighted by molar-refractivity contribution is 0.0527. The normalized spacial score (nSPS) is 16.9. The maximum Gasteiger partial charge on any atom is 0.341 e. The summed E-state index contributed by atoms with van der Waals surface area (Å²) >= 11 is 0. The fraction of sp³-hybridized carbons (Fsp3) is 0.625. The van der Waals surface area contributed by atoms with Crippen LogP contribution in [0.25, 0.3) is 0 Å². The van der Waals surface area contributed by atoms with Crippen molar-refractivity contribution in [2.24, 2.45) is 5.41 Å². The Hall–Kier alpha value is -1.58. The lowest BCUT2D eigenvalue weighted by atomic mass is 9.83. The van der Waals surface area contributed by atoms with Gasteiger partial charge in [0, 0.05) is 12.7 Å². The summed E-state index contributed by atoms with van der Waals surface area (Å²) in [6.45, 7) is 5.32. The van der Waals surface area contributed by atoms with E-state index in [1.807, 2.05) is 6.92 Å². The largest absolute Gasteiger partial charge is 0.462 e. The van der Waals surface area contributed by atoms with Crippen LogP contribution in [0.5, 0.6) is 0 Å². The number of nitrogens with one attached hydrogen (secondary N) is 1.